The van der Waals surface area contributed by atoms with Gasteiger partial charge in [-0.2, -0.15) is 0 Å². The molecule has 0 aliphatic heterocycles. The van der Waals surface area contributed by atoms with E-state index in [2.05, 4.69) is 31.5 Å². The molecule has 0 heterocycles. The van der Waals surface area contributed by atoms with Crippen LogP contribution >= 0.6 is 11.8 Å². The van der Waals surface area contributed by atoms with Gasteiger partial charge in [-0.1, -0.05) is 38.3 Å². The summed E-state index contributed by atoms with van der Waals surface area (Å²) in [6, 6.07) is 8.80. The van der Waals surface area contributed by atoms with Gasteiger partial charge in [-0.15, -0.1) is 11.8 Å². The van der Waals surface area contributed by atoms with Crippen molar-refractivity contribution in [1.29, 1.82) is 0 Å². The topological polar surface area (TPSA) is 21.3 Å². The van der Waals surface area contributed by atoms with Crippen LogP contribution < -0.4 is 10.1 Å². The highest BCUT2D eigenvalue weighted by atomic mass is 32.2. The molecule has 1 N–H and O–H groups in total. The molecule has 19 heavy (non-hydrogen) atoms. The van der Waals surface area contributed by atoms with Crippen molar-refractivity contribution < 1.29 is 4.74 Å². The summed E-state index contributed by atoms with van der Waals surface area (Å²) in [6.07, 6.45) is 7.29. The van der Waals surface area contributed by atoms with Crippen LogP contribution in [0.3, 0.4) is 0 Å². The minimum atomic E-state index is 0.589. The fourth-order valence-electron chi connectivity index (χ4n) is 2.01. The van der Waals surface area contributed by atoms with Gasteiger partial charge in [0.25, 0.3) is 0 Å². The number of hydrogen-bond acceptors (Lipinski definition) is 3. The second-order valence-electron chi connectivity index (χ2n) is 4.85. The standard InChI is InChI=1S/C16H27NOS/c1-4-5-6-9-14(2)17-12-13-18-15-10-7-8-11-16(15)19-3/h7-8,10-11,14,17H,4-6,9,12-13H2,1-3H3. The average molecular weight is 281 g/mol. The van der Waals surface area contributed by atoms with Gasteiger partial charge in [-0.05, 0) is 31.7 Å². The van der Waals surface area contributed by atoms with Crippen LogP contribution in [0.25, 0.3) is 0 Å². The van der Waals surface area contributed by atoms with Gasteiger partial charge >= 0.3 is 0 Å². The van der Waals surface area contributed by atoms with E-state index in [1.807, 2.05) is 18.2 Å². The Balaban J connectivity index is 2.16. The predicted octanol–water partition coefficient (Wildman–Crippen LogP) is 4.35. The quantitative estimate of drug-likeness (QED) is 0.509. The van der Waals surface area contributed by atoms with Crippen molar-refractivity contribution in [3.63, 3.8) is 0 Å². The lowest BCUT2D eigenvalue weighted by Crippen LogP contribution is -2.30. The van der Waals surface area contributed by atoms with E-state index in [1.54, 1.807) is 11.8 Å². The number of ether oxygens (including phenoxy) is 1. The molecule has 0 aromatic heterocycles. The molecular formula is C16H27NOS. The second kappa shape index (κ2) is 10.2. The van der Waals surface area contributed by atoms with E-state index in [0.717, 1.165) is 18.9 Å². The third-order valence-corrected chi connectivity index (χ3v) is 3.94. The molecule has 1 aromatic carbocycles. The Morgan fingerprint density at radius 1 is 1.26 bits per heavy atom. The molecule has 0 aliphatic rings. The highest BCUT2D eigenvalue weighted by Gasteiger charge is 2.03. The molecule has 1 unspecified atom stereocenters. The summed E-state index contributed by atoms with van der Waals surface area (Å²) in [7, 11) is 0. The number of rotatable bonds is 10. The molecular weight excluding hydrogens is 254 g/mol. The molecule has 0 radical (unpaired) electrons. The number of para-hydroxylation sites is 1. The van der Waals surface area contributed by atoms with Gasteiger partial charge in [0, 0.05) is 17.5 Å². The molecule has 0 amide bonds. The van der Waals surface area contributed by atoms with Crippen molar-refractivity contribution in [2.75, 3.05) is 19.4 Å². The summed E-state index contributed by atoms with van der Waals surface area (Å²) < 4.78 is 5.82. The molecule has 1 atom stereocenters. The average Bonchev–Trinajstić information content (AvgIpc) is 2.44. The summed E-state index contributed by atoms with van der Waals surface area (Å²) >= 11 is 1.73. The summed E-state index contributed by atoms with van der Waals surface area (Å²) in [5.74, 6) is 0.996. The first kappa shape index (κ1) is 16.4. The molecule has 3 heteroatoms. The first-order chi connectivity index (χ1) is 9.27. The number of benzene rings is 1. The fraction of sp³-hybridized carbons (Fsp3) is 0.625. The van der Waals surface area contributed by atoms with E-state index in [-0.39, 0.29) is 0 Å². The monoisotopic (exact) mass is 281 g/mol. The van der Waals surface area contributed by atoms with Gasteiger partial charge in [-0.3, -0.25) is 0 Å². The Hall–Kier alpha value is -0.670. The van der Waals surface area contributed by atoms with Gasteiger partial charge in [0.1, 0.15) is 12.4 Å². The minimum Gasteiger partial charge on any atom is -0.491 e. The maximum Gasteiger partial charge on any atom is 0.132 e. The lowest BCUT2D eigenvalue weighted by atomic mass is 10.1. The van der Waals surface area contributed by atoms with Gasteiger partial charge in [0.05, 0.1) is 0 Å². The summed E-state index contributed by atoms with van der Waals surface area (Å²) in [5.41, 5.74) is 0. The maximum absolute atomic E-state index is 5.82. The molecule has 0 bridgehead atoms. The van der Waals surface area contributed by atoms with Crippen molar-refractivity contribution in [1.82, 2.24) is 5.32 Å². The second-order valence-corrected chi connectivity index (χ2v) is 5.70. The van der Waals surface area contributed by atoms with E-state index in [4.69, 9.17) is 4.74 Å². The number of nitrogens with one attached hydrogen (secondary N) is 1. The van der Waals surface area contributed by atoms with Crippen LogP contribution in [0.1, 0.15) is 39.5 Å². The zero-order valence-corrected chi connectivity index (χ0v) is 13.3. The van der Waals surface area contributed by atoms with E-state index in [1.165, 1.54) is 30.6 Å². The number of thioether (sulfide) groups is 1. The smallest absolute Gasteiger partial charge is 0.132 e. The number of unbranched alkanes of at least 4 members (excludes halogenated alkanes) is 2. The zero-order chi connectivity index (χ0) is 13.9. The zero-order valence-electron chi connectivity index (χ0n) is 12.4. The first-order valence-electron chi connectivity index (χ1n) is 7.27. The van der Waals surface area contributed by atoms with Crippen LogP contribution in [0.15, 0.2) is 29.2 Å². The summed E-state index contributed by atoms with van der Waals surface area (Å²) in [4.78, 5) is 1.21. The Kier molecular flexibility index (Phi) is 8.76. The molecule has 1 rings (SSSR count). The fourth-order valence-corrected chi connectivity index (χ4v) is 2.55. The maximum atomic E-state index is 5.82. The van der Waals surface area contributed by atoms with Gasteiger partial charge in [0.15, 0.2) is 0 Å². The first-order valence-corrected chi connectivity index (χ1v) is 8.49. The van der Waals surface area contributed by atoms with Crippen molar-refractivity contribution in [2.45, 2.75) is 50.5 Å². The largest absolute Gasteiger partial charge is 0.491 e. The van der Waals surface area contributed by atoms with Crippen LogP contribution in [0.5, 0.6) is 5.75 Å². The molecule has 0 fully saturated rings. The number of hydrogen-bond donors (Lipinski definition) is 1. The van der Waals surface area contributed by atoms with E-state index in [0.29, 0.717) is 6.04 Å². The van der Waals surface area contributed by atoms with Gasteiger partial charge in [-0.25, -0.2) is 0 Å². The van der Waals surface area contributed by atoms with Gasteiger partial charge in [0.2, 0.25) is 0 Å². The highest BCUT2D eigenvalue weighted by Crippen LogP contribution is 2.26. The minimum absolute atomic E-state index is 0.589. The van der Waals surface area contributed by atoms with Crippen LogP contribution in [-0.4, -0.2) is 25.4 Å². The molecule has 0 saturated heterocycles. The Morgan fingerprint density at radius 3 is 2.79 bits per heavy atom. The van der Waals surface area contributed by atoms with E-state index < -0.39 is 0 Å². The molecule has 0 saturated carbocycles. The van der Waals surface area contributed by atoms with Gasteiger partial charge < -0.3 is 10.1 Å². The third kappa shape index (κ3) is 6.88. The third-order valence-electron chi connectivity index (χ3n) is 3.16. The SMILES string of the molecule is CCCCCC(C)NCCOc1ccccc1SC. The lowest BCUT2D eigenvalue weighted by molar-refractivity contribution is 0.298. The summed E-state index contributed by atoms with van der Waals surface area (Å²) in [6.45, 7) is 6.15. The van der Waals surface area contributed by atoms with Crippen LogP contribution in [-0.2, 0) is 0 Å². The molecule has 1 aromatic rings. The van der Waals surface area contributed by atoms with E-state index >= 15 is 0 Å². The van der Waals surface area contributed by atoms with Crippen LogP contribution in [0.4, 0.5) is 0 Å². The predicted molar refractivity (Wildman–Crippen MR) is 85.3 cm³/mol. The van der Waals surface area contributed by atoms with Crippen molar-refractivity contribution >= 4 is 11.8 Å². The molecule has 0 aliphatic carbocycles. The van der Waals surface area contributed by atoms with Crippen molar-refractivity contribution in [3.8, 4) is 5.75 Å². The highest BCUT2D eigenvalue weighted by molar-refractivity contribution is 7.98. The Morgan fingerprint density at radius 2 is 2.05 bits per heavy atom. The van der Waals surface area contributed by atoms with Crippen molar-refractivity contribution in [3.05, 3.63) is 24.3 Å². The van der Waals surface area contributed by atoms with Crippen LogP contribution in [0, 0.1) is 0 Å². The molecule has 108 valence electrons. The van der Waals surface area contributed by atoms with Crippen molar-refractivity contribution in [2.24, 2.45) is 0 Å². The molecule has 2 nitrogen and oxygen atoms in total. The summed E-state index contributed by atoms with van der Waals surface area (Å²) in [5, 5.41) is 3.52. The van der Waals surface area contributed by atoms with Crippen LogP contribution in [0.2, 0.25) is 0 Å². The van der Waals surface area contributed by atoms with E-state index in [9.17, 15) is 0 Å². The Bertz CT molecular complexity index is 343. The lowest BCUT2D eigenvalue weighted by Gasteiger charge is -2.14. The normalized spacial score (nSPS) is 12.4. The molecule has 0 spiro atoms. The Labute approximate surface area is 122 Å².